The van der Waals surface area contributed by atoms with Crippen LogP contribution in [0.5, 0.6) is 0 Å². The largest absolute Gasteiger partial charge is 0.350 e. The Morgan fingerprint density at radius 3 is 2.89 bits per heavy atom. The van der Waals surface area contributed by atoms with Crippen molar-refractivity contribution >= 4 is 11.6 Å². The summed E-state index contributed by atoms with van der Waals surface area (Å²) in [5.74, 6) is 5.00. The summed E-state index contributed by atoms with van der Waals surface area (Å²) in [6.45, 7) is 0.527. The topological polar surface area (TPSA) is 109 Å². The van der Waals surface area contributed by atoms with E-state index in [2.05, 4.69) is 25.7 Å². The van der Waals surface area contributed by atoms with E-state index in [1.165, 1.54) is 6.20 Å². The Labute approximate surface area is 104 Å². The Kier molecular flexibility index (Phi) is 3.87. The van der Waals surface area contributed by atoms with Gasteiger partial charge in [-0.3, -0.25) is 10.6 Å². The second-order valence-electron chi connectivity index (χ2n) is 3.66. The molecular formula is C11H14N6O. The molecule has 0 saturated carbocycles. The molecule has 7 heteroatoms. The van der Waals surface area contributed by atoms with Gasteiger partial charge in [0, 0.05) is 24.9 Å². The van der Waals surface area contributed by atoms with Gasteiger partial charge in [-0.1, -0.05) is 0 Å². The Bertz CT molecular complexity index is 493. The minimum atomic E-state index is -0.210. The standard InChI is InChI=1S/C11H14N6O/c12-17-9-1-2-10(15-6-9)11(18)14-4-3-8-5-13-7-16-8/h1-2,5-7,17H,3-4,12H2,(H,13,16)(H,14,18). The van der Waals surface area contributed by atoms with Crippen molar-refractivity contribution in [1.82, 2.24) is 20.3 Å². The number of H-pyrrole nitrogens is 1. The lowest BCUT2D eigenvalue weighted by atomic mass is 10.3. The molecule has 0 radical (unpaired) electrons. The molecular weight excluding hydrogens is 232 g/mol. The van der Waals surface area contributed by atoms with Crippen molar-refractivity contribution in [3.8, 4) is 0 Å². The number of aromatic amines is 1. The molecule has 0 aliphatic heterocycles. The normalized spacial score (nSPS) is 10.1. The first-order valence-corrected chi connectivity index (χ1v) is 5.47. The predicted octanol–water partition coefficient (Wildman–Crippen LogP) is 0.0628. The van der Waals surface area contributed by atoms with Gasteiger partial charge in [0.25, 0.3) is 5.91 Å². The maximum absolute atomic E-state index is 11.7. The van der Waals surface area contributed by atoms with Crippen LogP contribution in [0.25, 0.3) is 0 Å². The fraction of sp³-hybridized carbons (Fsp3) is 0.182. The van der Waals surface area contributed by atoms with Gasteiger partial charge in [0.15, 0.2) is 0 Å². The van der Waals surface area contributed by atoms with Crippen LogP contribution in [0.3, 0.4) is 0 Å². The minimum absolute atomic E-state index is 0.210. The van der Waals surface area contributed by atoms with Crippen molar-refractivity contribution in [1.29, 1.82) is 0 Å². The lowest BCUT2D eigenvalue weighted by Gasteiger charge is -2.04. The summed E-state index contributed by atoms with van der Waals surface area (Å²) in [5, 5.41) is 2.77. The third-order valence-electron chi connectivity index (χ3n) is 2.40. The van der Waals surface area contributed by atoms with Gasteiger partial charge in [0.1, 0.15) is 5.69 Å². The Morgan fingerprint density at radius 1 is 1.39 bits per heavy atom. The van der Waals surface area contributed by atoms with Gasteiger partial charge in [-0.05, 0) is 12.1 Å². The number of nitrogen functional groups attached to an aromatic ring is 1. The zero-order valence-electron chi connectivity index (χ0n) is 9.68. The molecule has 7 nitrogen and oxygen atoms in total. The second-order valence-corrected chi connectivity index (χ2v) is 3.66. The molecule has 0 aliphatic rings. The first-order chi connectivity index (χ1) is 8.79. The van der Waals surface area contributed by atoms with Crippen LogP contribution >= 0.6 is 0 Å². The lowest BCUT2D eigenvalue weighted by molar-refractivity contribution is 0.0949. The summed E-state index contributed by atoms with van der Waals surface area (Å²) in [5.41, 5.74) is 4.44. The molecule has 2 rings (SSSR count). The van der Waals surface area contributed by atoms with Crippen molar-refractivity contribution in [3.63, 3.8) is 0 Å². The number of rotatable bonds is 5. The summed E-state index contributed by atoms with van der Waals surface area (Å²) >= 11 is 0. The van der Waals surface area contributed by atoms with Crippen molar-refractivity contribution in [2.75, 3.05) is 12.0 Å². The smallest absolute Gasteiger partial charge is 0.269 e. The van der Waals surface area contributed by atoms with Crippen LogP contribution in [0.15, 0.2) is 30.9 Å². The van der Waals surface area contributed by atoms with Crippen LogP contribution in [0.4, 0.5) is 5.69 Å². The van der Waals surface area contributed by atoms with Gasteiger partial charge in [0.2, 0.25) is 0 Å². The van der Waals surface area contributed by atoms with Crippen LogP contribution in [0, 0.1) is 0 Å². The van der Waals surface area contributed by atoms with Crippen molar-refractivity contribution < 1.29 is 4.79 Å². The number of imidazole rings is 1. The zero-order chi connectivity index (χ0) is 12.8. The number of anilines is 1. The molecule has 94 valence electrons. The molecule has 5 N–H and O–H groups in total. The molecule has 18 heavy (non-hydrogen) atoms. The highest BCUT2D eigenvalue weighted by atomic mass is 16.1. The summed E-state index contributed by atoms with van der Waals surface area (Å²) in [6, 6.07) is 3.30. The molecule has 0 atom stereocenters. The number of nitrogens with one attached hydrogen (secondary N) is 3. The number of hydrogen-bond acceptors (Lipinski definition) is 5. The summed E-state index contributed by atoms with van der Waals surface area (Å²) in [7, 11) is 0. The Morgan fingerprint density at radius 2 is 2.28 bits per heavy atom. The molecule has 1 amide bonds. The number of hydrazine groups is 1. The SMILES string of the molecule is NNc1ccc(C(=O)NCCc2cnc[nH]2)nc1. The average Bonchev–Trinajstić information content (AvgIpc) is 2.92. The van der Waals surface area contributed by atoms with Gasteiger partial charge < -0.3 is 15.7 Å². The first-order valence-electron chi connectivity index (χ1n) is 5.47. The third kappa shape index (κ3) is 3.05. The number of amides is 1. The maximum Gasteiger partial charge on any atom is 0.269 e. The van der Waals surface area contributed by atoms with Crippen LogP contribution in [0.2, 0.25) is 0 Å². The molecule has 2 heterocycles. The van der Waals surface area contributed by atoms with E-state index in [-0.39, 0.29) is 5.91 Å². The molecule has 2 aromatic rings. The highest BCUT2D eigenvalue weighted by Crippen LogP contribution is 2.03. The van der Waals surface area contributed by atoms with Gasteiger partial charge in [0.05, 0.1) is 18.2 Å². The van der Waals surface area contributed by atoms with E-state index in [4.69, 9.17) is 5.84 Å². The van der Waals surface area contributed by atoms with Crippen molar-refractivity contribution in [3.05, 3.63) is 42.2 Å². The summed E-state index contributed by atoms with van der Waals surface area (Å²) < 4.78 is 0. The Hall–Kier alpha value is -2.41. The molecule has 0 aromatic carbocycles. The molecule has 0 bridgehead atoms. The first kappa shape index (κ1) is 12.1. The number of pyridine rings is 1. The highest BCUT2D eigenvalue weighted by Gasteiger charge is 2.06. The second kappa shape index (κ2) is 5.78. The molecule has 0 saturated heterocycles. The number of hydrogen-bond donors (Lipinski definition) is 4. The van der Waals surface area contributed by atoms with Crippen LogP contribution in [-0.2, 0) is 6.42 Å². The molecule has 0 spiro atoms. The Balaban J connectivity index is 1.83. The molecule has 2 aromatic heterocycles. The zero-order valence-corrected chi connectivity index (χ0v) is 9.68. The predicted molar refractivity (Wildman–Crippen MR) is 66.7 cm³/mol. The van der Waals surface area contributed by atoms with Gasteiger partial charge in [-0.15, -0.1) is 0 Å². The van der Waals surface area contributed by atoms with E-state index in [1.54, 1.807) is 24.7 Å². The van der Waals surface area contributed by atoms with Gasteiger partial charge in [-0.2, -0.15) is 0 Å². The lowest BCUT2D eigenvalue weighted by Crippen LogP contribution is -2.26. The third-order valence-corrected chi connectivity index (χ3v) is 2.40. The van der Waals surface area contributed by atoms with E-state index in [0.717, 1.165) is 5.69 Å². The molecule has 0 aliphatic carbocycles. The maximum atomic E-state index is 11.7. The monoisotopic (exact) mass is 246 g/mol. The van der Waals surface area contributed by atoms with E-state index >= 15 is 0 Å². The average molecular weight is 246 g/mol. The number of carbonyl (C=O) groups excluding carboxylic acids is 1. The number of nitrogens with two attached hydrogens (primary N) is 1. The van der Waals surface area contributed by atoms with E-state index in [0.29, 0.717) is 24.3 Å². The van der Waals surface area contributed by atoms with Crippen molar-refractivity contribution in [2.45, 2.75) is 6.42 Å². The molecule has 0 fully saturated rings. The fourth-order valence-corrected chi connectivity index (χ4v) is 1.44. The van der Waals surface area contributed by atoms with Crippen molar-refractivity contribution in [2.24, 2.45) is 5.84 Å². The molecule has 0 unspecified atom stereocenters. The summed E-state index contributed by atoms with van der Waals surface area (Å²) in [6.07, 6.45) is 5.54. The van der Waals surface area contributed by atoms with E-state index in [9.17, 15) is 4.79 Å². The highest BCUT2D eigenvalue weighted by molar-refractivity contribution is 5.92. The number of nitrogens with zero attached hydrogens (tertiary/aromatic N) is 2. The van der Waals surface area contributed by atoms with Crippen LogP contribution in [0.1, 0.15) is 16.2 Å². The van der Waals surface area contributed by atoms with Crippen LogP contribution < -0.4 is 16.6 Å². The van der Waals surface area contributed by atoms with Crippen LogP contribution in [-0.4, -0.2) is 27.4 Å². The summed E-state index contributed by atoms with van der Waals surface area (Å²) in [4.78, 5) is 22.6. The van der Waals surface area contributed by atoms with E-state index < -0.39 is 0 Å². The van der Waals surface area contributed by atoms with E-state index in [1.807, 2.05) is 0 Å². The fourth-order valence-electron chi connectivity index (χ4n) is 1.44. The minimum Gasteiger partial charge on any atom is -0.350 e. The van der Waals surface area contributed by atoms with Gasteiger partial charge in [-0.25, -0.2) is 9.97 Å². The number of aromatic nitrogens is 3. The van der Waals surface area contributed by atoms with Gasteiger partial charge >= 0.3 is 0 Å². The quantitative estimate of drug-likeness (QED) is 0.441. The number of carbonyl (C=O) groups is 1.